The van der Waals surface area contributed by atoms with E-state index in [1.807, 2.05) is 39.0 Å². The molecule has 5 heterocycles. The molecule has 0 bridgehead atoms. The molecule has 2 N–H and O–H groups in total. The van der Waals surface area contributed by atoms with Crippen LogP contribution in [0, 0.1) is 71.6 Å². The van der Waals surface area contributed by atoms with Gasteiger partial charge in [0, 0.05) is 58.5 Å². The molecule has 0 saturated heterocycles. The predicted molar refractivity (Wildman–Crippen MR) is 298 cm³/mol. The Balaban J connectivity index is 0.000000211. The Bertz CT molecular complexity index is 3780. The van der Waals surface area contributed by atoms with E-state index in [4.69, 9.17) is 36.5 Å². The summed E-state index contributed by atoms with van der Waals surface area (Å²) in [5.74, 6) is 0.457. The molecule has 2 aromatic carbocycles. The first-order valence-electron chi connectivity index (χ1n) is 26.1. The quantitative estimate of drug-likeness (QED) is 0.0279. The molecule has 2 atom stereocenters. The normalized spacial score (nSPS) is 15.2. The topological polar surface area (TPSA) is 203 Å². The fraction of sp³-hybridized carbons (Fsp3) is 0.414. The number of aromatic nitrogens is 7. The van der Waals surface area contributed by atoms with Crippen LogP contribution >= 0.6 is 23.2 Å². The van der Waals surface area contributed by atoms with E-state index in [0.29, 0.717) is 95.7 Å². The van der Waals surface area contributed by atoms with E-state index >= 15 is 0 Å². The monoisotopic (exact) mass is 1170 g/mol. The highest BCUT2D eigenvalue weighted by molar-refractivity contribution is 6.36. The summed E-state index contributed by atoms with van der Waals surface area (Å²) < 4.78 is 114. The largest absolute Gasteiger partial charge is 0.413 e. The van der Waals surface area contributed by atoms with Crippen LogP contribution in [0.1, 0.15) is 131 Å². The van der Waals surface area contributed by atoms with Gasteiger partial charge in [0.05, 0.1) is 62.7 Å². The second-order valence-electron chi connectivity index (χ2n) is 22.6. The molecule has 428 valence electrons. The molecule has 14 nitrogen and oxygen atoms in total. The summed E-state index contributed by atoms with van der Waals surface area (Å²) in [5, 5.41) is 38.8. The van der Waals surface area contributed by atoms with Crippen LogP contribution in [0.5, 0.6) is 0 Å². The predicted octanol–water partition coefficient (Wildman–Crippen LogP) is 15.5. The lowest BCUT2D eigenvalue weighted by Gasteiger charge is -2.22. The molecule has 0 aliphatic heterocycles. The second kappa shape index (κ2) is 23.9. The second-order valence-corrected chi connectivity index (χ2v) is 23.5. The van der Waals surface area contributed by atoms with Gasteiger partial charge in [0.15, 0.2) is 5.54 Å². The number of rotatable bonds is 13. The average Bonchev–Trinajstić information content (AvgIpc) is 1.91. The molecule has 7 aromatic rings. The Hall–Kier alpha value is -7.83. The maximum Gasteiger partial charge on any atom is 0.413 e. The smallest absolute Gasteiger partial charge is 0.383 e. The minimum absolute atomic E-state index is 0.00762. The standard InChI is InChI=1S/C29H28ClF4N7.C25H24ClFN4.C4H4F3N3/c1-16-19(5-6-24(31)38-16)20(23-14-41(40-39-23)28(7-8-28)29(32,33)34)9-17-10-21-25(37-15-27(2,3)4)18(12-35)13-36-26(21)22(30)11-17;1-6-17(19-7-8-22(27)31-15(19)2)9-16-10-20-23(30-14-25(3,4)5)18(12-28)13-29-24(20)21(26)11-16;5-4(6,7)3(1-2-3)9-10-8/h5-6,10-11,13-14,20H,7-9,15H2,1-4H3,(H,36,37);1,7-8,10-11,13,17H,9,14H2,2-5H3,(H,29,30);1-2H2/t20-;17-;/m00./s1/i14D;;. The first kappa shape index (κ1) is 60.3. The number of azide groups is 1. The van der Waals surface area contributed by atoms with Crippen molar-refractivity contribution in [2.45, 2.75) is 129 Å². The molecule has 0 amide bonds. The van der Waals surface area contributed by atoms with Crippen molar-refractivity contribution >= 4 is 56.4 Å². The van der Waals surface area contributed by atoms with Crippen molar-refractivity contribution in [2.24, 2.45) is 15.9 Å². The van der Waals surface area contributed by atoms with Gasteiger partial charge in [-0.05, 0) is 127 Å². The van der Waals surface area contributed by atoms with Gasteiger partial charge in [0.2, 0.25) is 11.9 Å². The molecule has 0 unspecified atom stereocenters. The Morgan fingerprint density at radius 3 is 1.61 bits per heavy atom. The summed E-state index contributed by atoms with van der Waals surface area (Å²) in [6.07, 6.45) is -0.512. The van der Waals surface area contributed by atoms with Crippen LogP contribution in [0.15, 0.2) is 72.2 Å². The summed E-state index contributed by atoms with van der Waals surface area (Å²) in [4.78, 5) is 18.7. The number of hydrogen-bond donors (Lipinski definition) is 2. The van der Waals surface area contributed by atoms with Crippen LogP contribution in [0.4, 0.5) is 46.5 Å². The fourth-order valence-electron chi connectivity index (χ4n) is 8.99. The van der Waals surface area contributed by atoms with Crippen molar-refractivity contribution in [3.63, 3.8) is 0 Å². The number of aryl methyl sites for hydroxylation is 2. The average molecular weight is 1170 g/mol. The van der Waals surface area contributed by atoms with Gasteiger partial charge in [-0.25, -0.2) is 14.6 Å². The van der Waals surface area contributed by atoms with Crippen molar-refractivity contribution in [3.8, 4) is 24.5 Å². The molecule has 0 radical (unpaired) electrons. The summed E-state index contributed by atoms with van der Waals surface area (Å²) in [7, 11) is 0. The fourth-order valence-corrected chi connectivity index (χ4v) is 9.57. The number of halogens is 10. The zero-order valence-corrected chi connectivity index (χ0v) is 47.3. The van der Waals surface area contributed by atoms with E-state index in [2.05, 4.69) is 89.7 Å². The molecule has 2 aliphatic rings. The Labute approximate surface area is 479 Å². The number of terminal acetylenes is 1. The summed E-state index contributed by atoms with van der Waals surface area (Å²) in [5.41, 5.74) is 10.2. The number of anilines is 2. The van der Waals surface area contributed by atoms with E-state index in [-0.39, 0.29) is 54.5 Å². The molecule has 2 fully saturated rings. The van der Waals surface area contributed by atoms with Crippen molar-refractivity contribution < 1.29 is 36.5 Å². The van der Waals surface area contributed by atoms with Gasteiger partial charge in [-0.15, -0.1) is 11.5 Å². The number of benzene rings is 2. The van der Waals surface area contributed by atoms with Crippen molar-refractivity contribution in [1.82, 2.24) is 34.9 Å². The zero-order valence-electron chi connectivity index (χ0n) is 46.8. The SMILES string of the molecule is C#C[C@@H](Cc1cc(Cl)c2ncc(C#N)c(NCC(C)(C)C)c2c1)c1ccc(F)nc1C.[2H]c1c([C@@H](Cc2cc(Cl)c3ncc(C#N)c(NCC(C)(C)C)c3c2)c2ccc(F)nc2C)nnn1C1(C(F)(F)F)CC1.[N-]=[N+]=NC1(C(F)(F)F)CC1. The summed E-state index contributed by atoms with van der Waals surface area (Å²) >= 11 is 13.2. The minimum atomic E-state index is -4.59. The van der Waals surface area contributed by atoms with Crippen molar-refractivity contribution in [1.29, 1.82) is 10.5 Å². The molecule has 9 rings (SSSR count). The van der Waals surface area contributed by atoms with Crippen LogP contribution in [-0.4, -0.2) is 65.9 Å². The number of pyridine rings is 4. The molecule has 5 aromatic heterocycles. The first-order valence-corrected chi connectivity index (χ1v) is 26.4. The van der Waals surface area contributed by atoms with Crippen molar-refractivity contribution in [2.75, 3.05) is 23.7 Å². The van der Waals surface area contributed by atoms with Crippen LogP contribution in [0.2, 0.25) is 10.0 Å². The van der Waals surface area contributed by atoms with Gasteiger partial charge in [0.1, 0.15) is 17.7 Å². The third-order valence-electron chi connectivity index (χ3n) is 13.8. The number of fused-ring (bicyclic) bond motifs is 2. The number of nitrogens with one attached hydrogen (secondary N) is 2. The maximum absolute atomic E-state index is 14.0. The van der Waals surface area contributed by atoms with E-state index in [0.717, 1.165) is 22.6 Å². The molecule has 2 saturated carbocycles. The molecular weight excluding hydrogens is 1120 g/mol. The Morgan fingerprint density at radius 1 is 0.756 bits per heavy atom. The van der Waals surface area contributed by atoms with Gasteiger partial charge < -0.3 is 10.6 Å². The Morgan fingerprint density at radius 2 is 1.23 bits per heavy atom. The van der Waals surface area contributed by atoms with E-state index in [1.165, 1.54) is 24.5 Å². The molecule has 0 spiro atoms. The van der Waals surface area contributed by atoms with Gasteiger partial charge in [-0.2, -0.15) is 45.6 Å². The summed E-state index contributed by atoms with van der Waals surface area (Å²) in [6.45, 7) is 17.1. The maximum atomic E-state index is 14.0. The number of nitrogens with zero attached hydrogens (tertiary/aromatic N) is 12. The van der Waals surface area contributed by atoms with Gasteiger partial charge in [0.25, 0.3) is 0 Å². The zero-order chi connectivity index (χ0) is 61.2. The number of nitriles is 2. The van der Waals surface area contributed by atoms with Gasteiger partial charge in [-0.3, -0.25) is 9.97 Å². The molecule has 24 heteroatoms. The molecule has 2 aliphatic carbocycles. The van der Waals surface area contributed by atoms with Crippen LogP contribution in [0.3, 0.4) is 0 Å². The number of hydrogen-bond acceptors (Lipinski definition) is 11. The number of alkyl halides is 6. The lowest BCUT2D eigenvalue weighted by atomic mass is 9.88. The van der Waals surface area contributed by atoms with Crippen molar-refractivity contribution in [3.05, 3.63) is 150 Å². The third-order valence-corrected chi connectivity index (χ3v) is 14.3. The van der Waals surface area contributed by atoms with E-state index in [9.17, 15) is 45.6 Å². The third kappa shape index (κ3) is 14.1. The molecular formula is C58H56Cl2F8N14. The minimum Gasteiger partial charge on any atom is -0.383 e. The lowest BCUT2D eigenvalue weighted by molar-refractivity contribution is -0.183. The summed E-state index contributed by atoms with van der Waals surface area (Å²) in [6, 6.07) is 17.3. The molecule has 82 heavy (non-hydrogen) atoms. The van der Waals surface area contributed by atoms with Gasteiger partial charge in [-0.1, -0.05) is 93.1 Å². The van der Waals surface area contributed by atoms with Gasteiger partial charge >= 0.3 is 12.4 Å². The van der Waals surface area contributed by atoms with Crippen LogP contribution < -0.4 is 10.6 Å². The van der Waals surface area contributed by atoms with Crippen LogP contribution in [-0.2, 0) is 18.4 Å². The van der Waals surface area contributed by atoms with E-state index in [1.54, 1.807) is 26.0 Å². The highest BCUT2D eigenvalue weighted by atomic mass is 35.5. The Kier molecular flexibility index (Phi) is 17.6. The highest BCUT2D eigenvalue weighted by Crippen LogP contribution is 2.55. The highest BCUT2D eigenvalue weighted by Gasteiger charge is 2.66. The lowest BCUT2D eigenvalue weighted by Crippen LogP contribution is -2.35. The van der Waals surface area contributed by atoms with E-state index < -0.39 is 47.4 Å². The van der Waals surface area contributed by atoms with Crippen LogP contribution in [0.25, 0.3) is 32.2 Å². The first-order chi connectivity index (χ1) is 38.8.